The second-order valence-electron chi connectivity index (χ2n) is 3.91. The highest BCUT2D eigenvalue weighted by atomic mass is 19.1. The molecular formula is C13H17FN2. The molecule has 0 atom stereocenters. The quantitative estimate of drug-likeness (QED) is 0.838. The van der Waals surface area contributed by atoms with Gasteiger partial charge in [-0.15, -0.1) is 0 Å². The van der Waals surface area contributed by atoms with Gasteiger partial charge in [-0.05, 0) is 26.1 Å². The summed E-state index contributed by atoms with van der Waals surface area (Å²) in [5.74, 6) is -0.130. The van der Waals surface area contributed by atoms with Gasteiger partial charge in [0.15, 0.2) is 0 Å². The van der Waals surface area contributed by atoms with E-state index in [0.717, 1.165) is 30.4 Å². The fourth-order valence-electron chi connectivity index (χ4n) is 2.16. The van der Waals surface area contributed by atoms with E-state index in [1.807, 2.05) is 13.1 Å². The zero-order valence-corrected chi connectivity index (χ0v) is 9.76. The molecule has 86 valence electrons. The van der Waals surface area contributed by atoms with Crippen LogP contribution in [0.2, 0.25) is 0 Å². The summed E-state index contributed by atoms with van der Waals surface area (Å²) in [6.45, 7) is 3.77. The third kappa shape index (κ3) is 1.83. The average Bonchev–Trinajstić information content (AvgIpc) is 2.65. The number of nitrogens with zero attached hydrogens (tertiary/aromatic N) is 1. The van der Waals surface area contributed by atoms with E-state index in [1.54, 1.807) is 6.07 Å². The molecule has 0 aliphatic rings. The zero-order chi connectivity index (χ0) is 11.5. The van der Waals surface area contributed by atoms with Gasteiger partial charge in [-0.25, -0.2) is 4.39 Å². The van der Waals surface area contributed by atoms with E-state index < -0.39 is 0 Å². The van der Waals surface area contributed by atoms with E-state index in [9.17, 15) is 4.39 Å². The van der Waals surface area contributed by atoms with Gasteiger partial charge in [0, 0.05) is 30.6 Å². The summed E-state index contributed by atoms with van der Waals surface area (Å²) in [4.78, 5) is 0. The second kappa shape index (κ2) is 4.66. The predicted octanol–water partition coefficient (Wildman–Crippen LogP) is 2.56. The molecule has 1 heterocycles. The van der Waals surface area contributed by atoms with Crippen LogP contribution >= 0.6 is 0 Å². The molecule has 0 bridgehead atoms. The SMILES string of the molecule is CCn1c(CCNC)cc2cccc(F)c21. The van der Waals surface area contributed by atoms with Crippen LogP contribution in [-0.4, -0.2) is 18.2 Å². The summed E-state index contributed by atoms with van der Waals surface area (Å²) in [6, 6.07) is 7.34. The standard InChI is InChI=1S/C13H17FN2/c1-3-16-11(7-8-15-2)9-10-5-4-6-12(14)13(10)16/h4-6,9,15H,3,7-8H2,1-2H3. The number of halogens is 1. The van der Waals surface area contributed by atoms with Crippen molar-refractivity contribution in [1.29, 1.82) is 0 Å². The Kier molecular flexibility index (Phi) is 3.25. The zero-order valence-electron chi connectivity index (χ0n) is 9.76. The number of nitrogens with one attached hydrogen (secondary N) is 1. The number of hydrogen-bond acceptors (Lipinski definition) is 1. The van der Waals surface area contributed by atoms with Crippen molar-refractivity contribution in [2.75, 3.05) is 13.6 Å². The molecule has 2 nitrogen and oxygen atoms in total. The first kappa shape index (κ1) is 11.1. The van der Waals surface area contributed by atoms with Crippen LogP contribution in [0, 0.1) is 5.82 Å². The predicted molar refractivity (Wildman–Crippen MR) is 65.2 cm³/mol. The molecule has 0 unspecified atom stereocenters. The van der Waals surface area contributed by atoms with E-state index in [4.69, 9.17) is 0 Å². The van der Waals surface area contributed by atoms with E-state index in [2.05, 4.69) is 22.9 Å². The lowest BCUT2D eigenvalue weighted by Gasteiger charge is -2.07. The van der Waals surface area contributed by atoms with Crippen LogP contribution in [0.3, 0.4) is 0 Å². The lowest BCUT2D eigenvalue weighted by molar-refractivity contribution is 0.620. The monoisotopic (exact) mass is 220 g/mol. The number of likely N-dealkylation sites (N-methyl/N-ethyl adjacent to an activating group) is 1. The first-order valence-corrected chi connectivity index (χ1v) is 5.69. The summed E-state index contributed by atoms with van der Waals surface area (Å²) in [5, 5.41) is 4.11. The minimum absolute atomic E-state index is 0.130. The minimum atomic E-state index is -0.130. The number of rotatable bonds is 4. The van der Waals surface area contributed by atoms with Gasteiger partial charge in [0.25, 0.3) is 0 Å². The van der Waals surface area contributed by atoms with E-state index in [0.29, 0.717) is 0 Å². The Bertz CT molecular complexity index is 488. The Balaban J connectivity index is 2.53. The van der Waals surface area contributed by atoms with Gasteiger partial charge < -0.3 is 9.88 Å². The number of fused-ring (bicyclic) bond motifs is 1. The number of aryl methyl sites for hydroxylation is 1. The Morgan fingerprint density at radius 3 is 2.88 bits per heavy atom. The lowest BCUT2D eigenvalue weighted by Crippen LogP contribution is -2.13. The van der Waals surface area contributed by atoms with Crippen molar-refractivity contribution in [3.63, 3.8) is 0 Å². The molecule has 0 aliphatic carbocycles. The highest BCUT2D eigenvalue weighted by molar-refractivity contribution is 5.81. The van der Waals surface area contributed by atoms with Crippen molar-refractivity contribution in [2.24, 2.45) is 0 Å². The number of hydrogen-bond donors (Lipinski definition) is 1. The highest BCUT2D eigenvalue weighted by Crippen LogP contribution is 2.22. The molecule has 0 saturated carbocycles. The third-order valence-electron chi connectivity index (χ3n) is 2.90. The van der Waals surface area contributed by atoms with Crippen LogP contribution < -0.4 is 5.32 Å². The summed E-state index contributed by atoms with van der Waals surface area (Å²) >= 11 is 0. The van der Waals surface area contributed by atoms with Crippen molar-refractivity contribution < 1.29 is 4.39 Å². The van der Waals surface area contributed by atoms with Crippen molar-refractivity contribution in [3.8, 4) is 0 Å². The number of aromatic nitrogens is 1. The summed E-state index contributed by atoms with van der Waals surface area (Å²) in [6.07, 6.45) is 0.929. The molecule has 0 radical (unpaired) electrons. The normalized spacial score (nSPS) is 11.2. The molecule has 1 aromatic heterocycles. The van der Waals surface area contributed by atoms with Crippen molar-refractivity contribution in [1.82, 2.24) is 9.88 Å². The Labute approximate surface area is 95.1 Å². The van der Waals surface area contributed by atoms with Gasteiger partial charge >= 0.3 is 0 Å². The highest BCUT2D eigenvalue weighted by Gasteiger charge is 2.10. The van der Waals surface area contributed by atoms with Gasteiger partial charge in [0.05, 0.1) is 5.52 Å². The molecule has 0 fully saturated rings. The molecule has 2 rings (SSSR count). The first-order chi connectivity index (χ1) is 7.77. The third-order valence-corrected chi connectivity index (χ3v) is 2.90. The fourth-order valence-corrected chi connectivity index (χ4v) is 2.16. The molecule has 3 heteroatoms. The van der Waals surface area contributed by atoms with Crippen molar-refractivity contribution in [2.45, 2.75) is 19.9 Å². The molecule has 0 aliphatic heterocycles. The van der Waals surface area contributed by atoms with Gasteiger partial charge in [-0.1, -0.05) is 12.1 Å². The molecule has 16 heavy (non-hydrogen) atoms. The molecule has 0 saturated heterocycles. The largest absolute Gasteiger partial charge is 0.342 e. The van der Waals surface area contributed by atoms with Gasteiger partial charge in [-0.3, -0.25) is 0 Å². The van der Waals surface area contributed by atoms with E-state index in [-0.39, 0.29) is 5.82 Å². The van der Waals surface area contributed by atoms with E-state index in [1.165, 1.54) is 11.8 Å². The van der Waals surface area contributed by atoms with Gasteiger partial charge in [-0.2, -0.15) is 0 Å². The lowest BCUT2D eigenvalue weighted by atomic mass is 10.2. The smallest absolute Gasteiger partial charge is 0.147 e. The molecule has 1 aromatic carbocycles. The fraction of sp³-hybridized carbons (Fsp3) is 0.385. The van der Waals surface area contributed by atoms with Crippen LogP contribution in [0.25, 0.3) is 10.9 Å². The van der Waals surface area contributed by atoms with Crippen LogP contribution in [-0.2, 0) is 13.0 Å². The molecular weight excluding hydrogens is 203 g/mol. The maximum absolute atomic E-state index is 13.7. The van der Waals surface area contributed by atoms with Crippen LogP contribution in [0.1, 0.15) is 12.6 Å². The molecule has 0 spiro atoms. The second-order valence-corrected chi connectivity index (χ2v) is 3.91. The minimum Gasteiger partial charge on any atom is -0.342 e. The Hall–Kier alpha value is -1.35. The van der Waals surface area contributed by atoms with Gasteiger partial charge in [0.2, 0.25) is 0 Å². The summed E-state index contributed by atoms with van der Waals surface area (Å²) in [7, 11) is 1.93. The number of benzene rings is 1. The Morgan fingerprint density at radius 2 is 2.19 bits per heavy atom. The maximum atomic E-state index is 13.7. The maximum Gasteiger partial charge on any atom is 0.147 e. The first-order valence-electron chi connectivity index (χ1n) is 5.69. The topological polar surface area (TPSA) is 17.0 Å². The van der Waals surface area contributed by atoms with Crippen molar-refractivity contribution in [3.05, 3.63) is 35.8 Å². The van der Waals surface area contributed by atoms with Crippen molar-refractivity contribution >= 4 is 10.9 Å². The molecule has 1 N–H and O–H groups in total. The van der Waals surface area contributed by atoms with E-state index >= 15 is 0 Å². The summed E-state index contributed by atoms with van der Waals surface area (Å²) in [5.41, 5.74) is 1.92. The molecule has 2 aromatic rings. The number of para-hydroxylation sites is 1. The van der Waals surface area contributed by atoms with Gasteiger partial charge in [0.1, 0.15) is 5.82 Å². The van der Waals surface area contributed by atoms with Crippen LogP contribution in [0.5, 0.6) is 0 Å². The van der Waals surface area contributed by atoms with Crippen LogP contribution in [0.4, 0.5) is 4.39 Å². The van der Waals surface area contributed by atoms with Crippen LogP contribution in [0.15, 0.2) is 24.3 Å². The molecule has 0 amide bonds. The Morgan fingerprint density at radius 1 is 1.38 bits per heavy atom. The average molecular weight is 220 g/mol. The summed E-state index contributed by atoms with van der Waals surface area (Å²) < 4.78 is 15.8.